The monoisotopic (exact) mass is 345 g/mol. The number of aromatic nitrogens is 2. The number of nitrogens with one attached hydrogen (secondary N) is 1. The summed E-state index contributed by atoms with van der Waals surface area (Å²) in [5.41, 5.74) is 3.23. The maximum atomic E-state index is 13.6. The highest BCUT2D eigenvalue weighted by molar-refractivity contribution is 5.85. The van der Waals surface area contributed by atoms with Crippen LogP contribution >= 0.6 is 12.4 Å². The predicted molar refractivity (Wildman–Crippen MR) is 97.3 cm³/mol. The topological polar surface area (TPSA) is 29.9 Å². The first kappa shape index (κ1) is 16.9. The lowest BCUT2D eigenvalue weighted by Gasteiger charge is -2.24. The van der Waals surface area contributed by atoms with E-state index in [1.54, 1.807) is 12.1 Å². The lowest BCUT2D eigenvalue weighted by Crippen LogP contribution is -2.28. The molecule has 2 aromatic carbocycles. The molecule has 1 aromatic heterocycles. The van der Waals surface area contributed by atoms with Gasteiger partial charge in [-0.1, -0.05) is 30.3 Å². The summed E-state index contributed by atoms with van der Waals surface area (Å²) in [5.74, 6) is 0.258. The summed E-state index contributed by atoms with van der Waals surface area (Å²) in [4.78, 5) is 0. The van der Waals surface area contributed by atoms with Crippen LogP contribution in [0, 0.1) is 5.82 Å². The summed E-state index contributed by atoms with van der Waals surface area (Å²) in [5, 5.41) is 9.21. The molecule has 24 heavy (non-hydrogen) atoms. The van der Waals surface area contributed by atoms with E-state index in [4.69, 9.17) is 5.10 Å². The summed E-state index contributed by atoms with van der Waals surface area (Å²) in [6, 6.07) is 15.3. The number of nitrogens with zero attached hydrogens (tertiary/aromatic N) is 2. The zero-order valence-corrected chi connectivity index (χ0v) is 14.2. The zero-order valence-electron chi connectivity index (χ0n) is 13.4. The van der Waals surface area contributed by atoms with Crippen molar-refractivity contribution in [3.05, 3.63) is 65.6 Å². The Morgan fingerprint density at radius 1 is 1.08 bits per heavy atom. The van der Waals surface area contributed by atoms with Gasteiger partial charge in [-0.15, -0.1) is 12.4 Å². The highest BCUT2D eigenvalue weighted by atomic mass is 35.5. The summed E-state index contributed by atoms with van der Waals surface area (Å²) < 4.78 is 15.7. The molecule has 5 heteroatoms. The van der Waals surface area contributed by atoms with Gasteiger partial charge in [0, 0.05) is 23.1 Å². The summed E-state index contributed by atoms with van der Waals surface area (Å²) in [7, 11) is 0. The molecule has 0 aliphatic carbocycles. The lowest BCUT2D eigenvalue weighted by molar-refractivity contribution is 0.437. The Morgan fingerprint density at radius 2 is 1.83 bits per heavy atom. The van der Waals surface area contributed by atoms with Gasteiger partial charge in [-0.3, -0.25) is 4.68 Å². The van der Waals surface area contributed by atoms with E-state index < -0.39 is 0 Å². The molecule has 1 fully saturated rings. The van der Waals surface area contributed by atoms with Crippen molar-refractivity contribution in [2.45, 2.75) is 25.3 Å². The Balaban J connectivity index is 0.00000169. The average Bonchev–Trinajstić information content (AvgIpc) is 2.93. The third-order valence-corrected chi connectivity index (χ3v) is 4.64. The van der Waals surface area contributed by atoms with Crippen molar-refractivity contribution in [3.8, 4) is 0 Å². The third-order valence-electron chi connectivity index (χ3n) is 4.64. The molecule has 3 nitrogen and oxygen atoms in total. The largest absolute Gasteiger partial charge is 0.317 e. The normalized spacial score (nSPS) is 15.4. The van der Waals surface area contributed by atoms with Crippen LogP contribution < -0.4 is 5.32 Å². The van der Waals surface area contributed by atoms with E-state index in [9.17, 15) is 4.39 Å². The highest BCUT2D eigenvalue weighted by Crippen LogP contribution is 2.32. The van der Waals surface area contributed by atoms with Crippen LogP contribution in [-0.2, 0) is 6.54 Å². The molecule has 3 aromatic rings. The van der Waals surface area contributed by atoms with E-state index >= 15 is 0 Å². The van der Waals surface area contributed by atoms with Crippen molar-refractivity contribution in [2.75, 3.05) is 13.1 Å². The van der Waals surface area contributed by atoms with Gasteiger partial charge in [0.25, 0.3) is 0 Å². The van der Waals surface area contributed by atoms with Crippen LogP contribution in [0.2, 0.25) is 0 Å². The smallest absolute Gasteiger partial charge is 0.125 e. The molecule has 0 radical (unpaired) electrons. The first-order valence-electron chi connectivity index (χ1n) is 8.22. The first-order chi connectivity index (χ1) is 11.3. The number of hydrogen-bond donors (Lipinski definition) is 1. The molecule has 0 atom stereocenters. The molecule has 1 aliphatic heterocycles. The maximum absolute atomic E-state index is 13.6. The van der Waals surface area contributed by atoms with Crippen molar-refractivity contribution in [1.29, 1.82) is 0 Å². The van der Waals surface area contributed by atoms with Crippen molar-refractivity contribution < 1.29 is 4.39 Å². The van der Waals surface area contributed by atoms with Crippen LogP contribution in [0.3, 0.4) is 0 Å². The van der Waals surface area contributed by atoms with Crippen molar-refractivity contribution in [1.82, 2.24) is 15.1 Å². The predicted octanol–water partition coefficient (Wildman–Crippen LogP) is 4.11. The van der Waals surface area contributed by atoms with Gasteiger partial charge in [0.1, 0.15) is 5.82 Å². The Kier molecular flexibility index (Phi) is 5.17. The molecule has 2 heterocycles. The van der Waals surface area contributed by atoms with Crippen LogP contribution in [0.25, 0.3) is 10.9 Å². The van der Waals surface area contributed by atoms with Gasteiger partial charge in [0.05, 0.1) is 12.1 Å². The molecule has 0 unspecified atom stereocenters. The standard InChI is InChI=1S/C19H20FN3.ClH/c20-16-6-7-17-18(12-16)22-23(13-14-4-2-1-3-5-14)19(17)15-8-10-21-11-9-15;/h1-7,12,15,21H,8-11,13H2;1H. The number of fused-ring (bicyclic) bond motifs is 1. The van der Waals surface area contributed by atoms with E-state index in [0.29, 0.717) is 5.92 Å². The second-order valence-corrected chi connectivity index (χ2v) is 6.21. The minimum atomic E-state index is -0.223. The first-order valence-corrected chi connectivity index (χ1v) is 8.22. The van der Waals surface area contributed by atoms with E-state index in [1.165, 1.54) is 11.3 Å². The fraction of sp³-hybridized carbons (Fsp3) is 0.316. The fourth-order valence-corrected chi connectivity index (χ4v) is 3.53. The summed E-state index contributed by atoms with van der Waals surface area (Å²) in [6.45, 7) is 2.80. The van der Waals surface area contributed by atoms with Gasteiger partial charge in [-0.2, -0.15) is 5.10 Å². The van der Waals surface area contributed by atoms with Crippen LogP contribution in [-0.4, -0.2) is 22.9 Å². The molecular formula is C19H21ClFN3. The molecule has 0 saturated carbocycles. The minimum Gasteiger partial charge on any atom is -0.317 e. The Bertz CT molecular complexity index is 810. The maximum Gasteiger partial charge on any atom is 0.125 e. The highest BCUT2D eigenvalue weighted by Gasteiger charge is 2.23. The Labute approximate surface area is 147 Å². The molecule has 1 N–H and O–H groups in total. The van der Waals surface area contributed by atoms with Crippen LogP contribution in [0.5, 0.6) is 0 Å². The third kappa shape index (κ3) is 3.30. The van der Waals surface area contributed by atoms with E-state index in [-0.39, 0.29) is 18.2 Å². The van der Waals surface area contributed by atoms with Gasteiger partial charge in [-0.05, 0) is 43.6 Å². The van der Waals surface area contributed by atoms with Crippen LogP contribution in [0.15, 0.2) is 48.5 Å². The number of halogens is 2. The van der Waals surface area contributed by atoms with Crippen molar-refractivity contribution in [3.63, 3.8) is 0 Å². The Morgan fingerprint density at radius 3 is 2.58 bits per heavy atom. The molecular weight excluding hydrogens is 325 g/mol. The molecule has 0 amide bonds. The van der Waals surface area contributed by atoms with Gasteiger partial charge in [0.2, 0.25) is 0 Å². The second kappa shape index (κ2) is 7.32. The average molecular weight is 346 g/mol. The summed E-state index contributed by atoms with van der Waals surface area (Å²) in [6.07, 6.45) is 2.21. The molecule has 0 bridgehead atoms. The lowest BCUT2D eigenvalue weighted by atomic mass is 9.92. The summed E-state index contributed by atoms with van der Waals surface area (Å²) >= 11 is 0. The molecule has 0 spiro atoms. The van der Waals surface area contributed by atoms with Crippen LogP contribution in [0.4, 0.5) is 4.39 Å². The van der Waals surface area contributed by atoms with Crippen molar-refractivity contribution >= 4 is 23.3 Å². The minimum absolute atomic E-state index is 0. The number of piperidine rings is 1. The van der Waals surface area contributed by atoms with Crippen molar-refractivity contribution in [2.24, 2.45) is 0 Å². The number of hydrogen-bond acceptors (Lipinski definition) is 2. The molecule has 1 aliphatic rings. The second-order valence-electron chi connectivity index (χ2n) is 6.21. The quantitative estimate of drug-likeness (QED) is 0.774. The molecule has 4 rings (SSSR count). The van der Waals surface area contributed by atoms with E-state index in [1.807, 2.05) is 24.3 Å². The molecule has 1 saturated heterocycles. The van der Waals surface area contributed by atoms with Crippen LogP contribution in [0.1, 0.15) is 30.0 Å². The van der Waals surface area contributed by atoms with Gasteiger partial charge >= 0.3 is 0 Å². The van der Waals surface area contributed by atoms with E-state index in [2.05, 4.69) is 22.1 Å². The van der Waals surface area contributed by atoms with Gasteiger partial charge < -0.3 is 5.32 Å². The Hall–Kier alpha value is -1.91. The number of benzene rings is 2. The van der Waals surface area contributed by atoms with Gasteiger partial charge in [-0.25, -0.2) is 4.39 Å². The van der Waals surface area contributed by atoms with Gasteiger partial charge in [0.15, 0.2) is 0 Å². The number of rotatable bonds is 3. The zero-order chi connectivity index (χ0) is 15.6. The SMILES string of the molecule is Cl.Fc1ccc2c(C3CCNCC3)n(Cc3ccccc3)nc2c1. The molecule has 126 valence electrons. The van der Waals surface area contributed by atoms with E-state index in [0.717, 1.165) is 43.4 Å². The fourth-order valence-electron chi connectivity index (χ4n) is 3.53.